The molecule has 2 N–H and O–H groups in total. The van der Waals surface area contributed by atoms with E-state index >= 15 is 0 Å². The Morgan fingerprint density at radius 1 is 1.18 bits per heavy atom. The molecule has 0 aliphatic heterocycles. The van der Waals surface area contributed by atoms with Gasteiger partial charge in [-0.25, -0.2) is 0 Å². The van der Waals surface area contributed by atoms with Crippen LogP contribution < -0.4 is 5.32 Å². The molecule has 1 aromatic carbocycles. The van der Waals surface area contributed by atoms with Crippen LogP contribution in [-0.2, 0) is 6.61 Å². The van der Waals surface area contributed by atoms with Crippen molar-refractivity contribution in [3.8, 4) is 0 Å². The minimum Gasteiger partial charge on any atom is -0.392 e. The molecule has 1 aromatic rings. The van der Waals surface area contributed by atoms with Crippen LogP contribution in [0.5, 0.6) is 0 Å². The monoisotopic (exact) mass is 233 g/mol. The first-order valence-corrected chi connectivity index (χ1v) is 6.67. The van der Waals surface area contributed by atoms with Gasteiger partial charge in [-0.1, -0.05) is 38.5 Å². The van der Waals surface area contributed by atoms with Crippen molar-refractivity contribution in [2.24, 2.45) is 11.8 Å². The van der Waals surface area contributed by atoms with E-state index in [-0.39, 0.29) is 6.61 Å². The Kier molecular flexibility index (Phi) is 4.06. The first kappa shape index (κ1) is 12.4. The summed E-state index contributed by atoms with van der Waals surface area (Å²) < 4.78 is 0. The minimum atomic E-state index is 0.110. The molecule has 0 amide bonds. The predicted molar refractivity (Wildman–Crippen MR) is 72.0 cm³/mol. The highest BCUT2D eigenvalue weighted by Gasteiger charge is 2.27. The Labute approximate surface area is 104 Å². The Bertz CT molecular complexity index is 354. The van der Waals surface area contributed by atoms with Crippen LogP contribution in [0.2, 0.25) is 0 Å². The van der Waals surface area contributed by atoms with Gasteiger partial charge in [0.05, 0.1) is 6.61 Å². The van der Waals surface area contributed by atoms with Gasteiger partial charge in [-0.15, -0.1) is 0 Å². The SMILES string of the molecule is CC1CCCC(C)C1Nc1ccccc1CO. The third kappa shape index (κ3) is 2.81. The fourth-order valence-electron chi connectivity index (χ4n) is 2.94. The number of benzene rings is 1. The number of aliphatic hydroxyl groups is 1. The van der Waals surface area contributed by atoms with Gasteiger partial charge in [-0.2, -0.15) is 0 Å². The number of hydrogen-bond acceptors (Lipinski definition) is 2. The van der Waals surface area contributed by atoms with E-state index in [0.717, 1.165) is 11.3 Å². The maximum Gasteiger partial charge on any atom is 0.0701 e. The lowest BCUT2D eigenvalue weighted by molar-refractivity contribution is 0.265. The zero-order valence-electron chi connectivity index (χ0n) is 10.8. The van der Waals surface area contributed by atoms with Crippen LogP contribution in [0.3, 0.4) is 0 Å². The molecule has 0 radical (unpaired) electrons. The number of hydrogen-bond donors (Lipinski definition) is 2. The quantitative estimate of drug-likeness (QED) is 0.838. The smallest absolute Gasteiger partial charge is 0.0701 e. The van der Waals surface area contributed by atoms with Crippen LogP contribution in [-0.4, -0.2) is 11.1 Å². The third-order valence-corrected chi connectivity index (χ3v) is 4.05. The summed E-state index contributed by atoms with van der Waals surface area (Å²) in [6, 6.07) is 8.60. The molecule has 0 heterocycles. The number of para-hydroxylation sites is 1. The Morgan fingerprint density at radius 2 is 1.82 bits per heavy atom. The molecule has 0 aromatic heterocycles. The van der Waals surface area contributed by atoms with Crippen LogP contribution in [0.15, 0.2) is 24.3 Å². The molecule has 0 bridgehead atoms. The van der Waals surface area contributed by atoms with Crippen LogP contribution in [0.4, 0.5) is 5.69 Å². The molecule has 0 saturated heterocycles. The zero-order valence-corrected chi connectivity index (χ0v) is 10.8. The molecule has 17 heavy (non-hydrogen) atoms. The second-order valence-electron chi connectivity index (χ2n) is 5.37. The molecule has 94 valence electrons. The van der Waals surface area contributed by atoms with Crippen molar-refractivity contribution >= 4 is 5.69 Å². The number of rotatable bonds is 3. The largest absolute Gasteiger partial charge is 0.392 e. The summed E-state index contributed by atoms with van der Waals surface area (Å²) in [7, 11) is 0. The molecule has 1 saturated carbocycles. The molecule has 1 aliphatic rings. The van der Waals surface area contributed by atoms with Gasteiger partial charge in [0.2, 0.25) is 0 Å². The average molecular weight is 233 g/mol. The summed E-state index contributed by atoms with van der Waals surface area (Å²) in [4.78, 5) is 0. The molecule has 0 spiro atoms. The van der Waals surface area contributed by atoms with Crippen molar-refractivity contribution < 1.29 is 5.11 Å². The van der Waals surface area contributed by atoms with Crippen molar-refractivity contribution in [3.05, 3.63) is 29.8 Å². The molecular weight excluding hydrogens is 210 g/mol. The van der Waals surface area contributed by atoms with Gasteiger partial charge in [-0.05, 0) is 30.7 Å². The van der Waals surface area contributed by atoms with E-state index in [1.54, 1.807) is 0 Å². The van der Waals surface area contributed by atoms with Crippen LogP contribution >= 0.6 is 0 Å². The lowest BCUT2D eigenvalue weighted by atomic mass is 9.78. The van der Waals surface area contributed by atoms with Crippen LogP contribution in [0, 0.1) is 11.8 Å². The van der Waals surface area contributed by atoms with Crippen molar-refractivity contribution in [2.75, 3.05) is 5.32 Å². The van der Waals surface area contributed by atoms with E-state index in [2.05, 4.69) is 25.2 Å². The Hall–Kier alpha value is -1.02. The van der Waals surface area contributed by atoms with E-state index in [1.807, 2.05) is 18.2 Å². The molecule has 2 atom stereocenters. The summed E-state index contributed by atoms with van der Waals surface area (Å²) in [5.41, 5.74) is 2.10. The van der Waals surface area contributed by atoms with Gasteiger partial charge in [-0.3, -0.25) is 0 Å². The topological polar surface area (TPSA) is 32.3 Å². The molecule has 2 rings (SSSR count). The van der Waals surface area contributed by atoms with E-state index in [9.17, 15) is 5.11 Å². The average Bonchev–Trinajstić information content (AvgIpc) is 2.34. The lowest BCUT2D eigenvalue weighted by Crippen LogP contribution is -2.37. The van der Waals surface area contributed by atoms with Crippen LogP contribution in [0.25, 0.3) is 0 Å². The standard InChI is InChI=1S/C15H23NO/c1-11-6-5-7-12(2)15(11)16-14-9-4-3-8-13(14)10-17/h3-4,8-9,11-12,15-17H,5-7,10H2,1-2H3. The first-order chi connectivity index (χ1) is 8.22. The zero-order chi connectivity index (χ0) is 12.3. The molecule has 2 unspecified atom stereocenters. The first-order valence-electron chi connectivity index (χ1n) is 6.67. The summed E-state index contributed by atoms with van der Waals surface area (Å²) >= 11 is 0. The highest BCUT2D eigenvalue weighted by atomic mass is 16.3. The van der Waals surface area contributed by atoms with Crippen molar-refractivity contribution in [2.45, 2.75) is 45.8 Å². The summed E-state index contributed by atoms with van der Waals surface area (Å²) in [5.74, 6) is 1.43. The molecule has 2 heteroatoms. The van der Waals surface area contributed by atoms with Gasteiger partial charge in [0, 0.05) is 17.3 Å². The van der Waals surface area contributed by atoms with Crippen molar-refractivity contribution in [3.63, 3.8) is 0 Å². The fraction of sp³-hybridized carbons (Fsp3) is 0.600. The normalized spacial score (nSPS) is 29.0. The lowest BCUT2D eigenvalue weighted by Gasteiger charge is -2.36. The maximum atomic E-state index is 9.34. The van der Waals surface area contributed by atoms with Gasteiger partial charge in [0.25, 0.3) is 0 Å². The summed E-state index contributed by atoms with van der Waals surface area (Å²) in [6.45, 7) is 4.77. The number of nitrogens with one attached hydrogen (secondary N) is 1. The van der Waals surface area contributed by atoms with Crippen LogP contribution in [0.1, 0.15) is 38.7 Å². The van der Waals surface area contributed by atoms with E-state index in [4.69, 9.17) is 0 Å². The molecule has 1 fully saturated rings. The van der Waals surface area contributed by atoms with Crippen molar-refractivity contribution in [1.29, 1.82) is 0 Å². The molecule has 2 nitrogen and oxygen atoms in total. The third-order valence-electron chi connectivity index (χ3n) is 4.05. The second-order valence-corrected chi connectivity index (χ2v) is 5.37. The highest BCUT2D eigenvalue weighted by Crippen LogP contribution is 2.32. The summed E-state index contributed by atoms with van der Waals surface area (Å²) in [5, 5.41) is 13.0. The van der Waals surface area contributed by atoms with E-state index in [0.29, 0.717) is 17.9 Å². The van der Waals surface area contributed by atoms with E-state index < -0.39 is 0 Å². The predicted octanol–water partition coefficient (Wildman–Crippen LogP) is 3.42. The maximum absolute atomic E-state index is 9.34. The second kappa shape index (κ2) is 5.54. The molecule has 1 aliphatic carbocycles. The molecular formula is C15H23NO. The van der Waals surface area contributed by atoms with Gasteiger partial charge in [0.15, 0.2) is 0 Å². The van der Waals surface area contributed by atoms with E-state index in [1.165, 1.54) is 19.3 Å². The van der Waals surface area contributed by atoms with Gasteiger partial charge < -0.3 is 10.4 Å². The van der Waals surface area contributed by atoms with Gasteiger partial charge >= 0.3 is 0 Å². The summed E-state index contributed by atoms with van der Waals surface area (Å²) in [6.07, 6.45) is 3.97. The van der Waals surface area contributed by atoms with Crippen molar-refractivity contribution in [1.82, 2.24) is 0 Å². The van der Waals surface area contributed by atoms with Gasteiger partial charge in [0.1, 0.15) is 0 Å². The Morgan fingerprint density at radius 3 is 2.47 bits per heavy atom. The number of aliphatic hydroxyl groups excluding tert-OH is 1. The number of anilines is 1. The highest BCUT2D eigenvalue weighted by molar-refractivity contribution is 5.51. The minimum absolute atomic E-state index is 0.110. The fourth-order valence-corrected chi connectivity index (χ4v) is 2.94. The Balaban J connectivity index is 2.13.